The second-order valence-electron chi connectivity index (χ2n) is 23.8. The molecule has 396 valence electrons. The average molecular weight is 997 g/mol. The van der Waals surface area contributed by atoms with Gasteiger partial charge in [0.25, 0.3) is 0 Å². The average Bonchev–Trinajstić information content (AvgIpc) is 3.28. The number of aliphatic hydroxyl groups is 9. The maximum Gasteiger partial charge on any atom is 0.315 e. The minimum absolute atomic E-state index is 0.0692. The van der Waals surface area contributed by atoms with Crippen LogP contribution in [0.1, 0.15) is 114 Å². The zero-order valence-corrected chi connectivity index (χ0v) is 41.6. The molecule has 0 aromatic rings. The summed E-state index contributed by atoms with van der Waals surface area (Å²) in [7, 11) is 0. The highest BCUT2D eigenvalue weighted by Gasteiger charge is 2.72. The fraction of sp³-hybridized carbons (Fsp3) is 0.880. The minimum atomic E-state index is -1.98. The molecule has 8 aliphatic rings. The Labute approximate surface area is 407 Å². The van der Waals surface area contributed by atoms with Gasteiger partial charge in [0.1, 0.15) is 85.3 Å². The first-order chi connectivity index (χ1) is 32.5. The van der Waals surface area contributed by atoms with Crippen LogP contribution in [-0.2, 0) is 52.3 Å². The van der Waals surface area contributed by atoms with E-state index in [-0.39, 0.29) is 48.1 Å². The third-order valence-corrected chi connectivity index (χ3v) is 19.2. The van der Waals surface area contributed by atoms with Crippen molar-refractivity contribution in [3.63, 3.8) is 0 Å². The number of hydrogen-bond donors (Lipinski definition) is 9. The molecular weight excluding hydrogens is 921 g/mol. The van der Waals surface area contributed by atoms with Gasteiger partial charge in [-0.05, 0) is 73.5 Å². The third-order valence-electron chi connectivity index (χ3n) is 19.2. The topological polar surface area (TPSA) is 315 Å². The summed E-state index contributed by atoms with van der Waals surface area (Å²) in [5.41, 5.74) is -3.30. The van der Waals surface area contributed by atoms with Crippen LogP contribution in [-0.4, -0.2) is 181 Å². The normalized spacial score (nSPS) is 50.9. The van der Waals surface area contributed by atoms with Crippen LogP contribution in [0.15, 0.2) is 11.6 Å². The molecule has 0 aromatic heterocycles. The Morgan fingerprint density at radius 2 is 1.33 bits per heavy atom. The van der Waals surface area contributed by atoms with Gasteiger partial charge in [0.2, 0.25) is 6.29 Å². The fourth-order valence-electron chi connectivity index (χ4n) is 14.7. The van der Waals surface area contributed by atoms with E-state index in [0.29, 0.717) is 19.3 Å². The number of carbonyl (C=O) groups is 4. The second kappa shape index (κ2) is 18.7. The molecule has 70 heavy (non-hydrogen) atoms. The summed E-state index contributed by atoms with van der Waals surface area (Å²) in [6.45, 7) is 15.7. The van der Waals surface area contributed by atoms with E-state index < -0.39 is 156 Å². The number of hydrogen-bond acceptors (Lipinski definition) is 20. The first kappa shape index (κ1) is 53.7. The molecule has 23 atom stereocenters. The second-order valence-corrected chi connectivity index (χ2v) is 23.8. The van der Waals surface area contributed by atoms with E-state index in [4.69, 9.17) is 33.2 Å². The molecule has 3 aliphatic heterocycles. The van der Waals surface area contributed by atoms with Gasteiger partial charge in [0, 0.05) is 36.5 Å². The molecule has 0 spiro atoms. The lowest BCUT2D eigenvalue weighted by molar-refractivity contribution is -0.361. The molecule has 9 N–H and O–H groups in total. The Bertz CT molecular complexity index is 2060. The Morgan fingerprint density at radius 3 is 2.00 bits per heavy atom. The molecule has 0 aromatic carbocycles. The molecule has 0 bridgehead atoms. The van der Waals surface area contributed by atoms with Crippen molar-refractivity contribution in [2.45, 2.75) is 212 Å². The van der Waals surface area contributed by atoms with Gasteiger partial charge in [-0.15, -0.1) is 0 Å². The standard InChI is InChI=1S/C50H76O20/c1-21-31(55)33(57)36(60)42(66-21)69-39-27(20-64-22(2)51)68-41(38(62)35(39)59)65-19-26-32(56)34(58)37(61)43(67-26)70-44(63)50-15-14-48(8)23(24(50)17-45(3,4)30(54)18-50)16-25(52)40-47(7)12-11-29(53)46(5,6)28(47)10-13-49(40,48)9/h16,21,24-28,31-43,52,55-62H,10-15,17-20H2,1-9H3/t21-,24+,25+,26+,27+,28-,31-,32+,33+,34-,35+,36+,37+,38+,39+,40+,41+,42-,43-,47-,48+,49+,50+/m0/s1. The maximum atomic E-state index is 15.0. The molecule has 7 fully saturated rings. The largest absolute Gasteiger partial charge is 0.463 e. The summed E-state index contributed by atoms with van der Waals surface area (Å²) < 4.78 is 40.0. The van der Waals surface area contributed by atoms with Crippen LogP contribution in [0.2, 0.25) is 0 Å². The highest BCUT2D eigenvalue weighted by Crippen LogP contribution is 2.75. The highest BCUT2D eigenvalue weighted by atomic mass is 16.8. The number of rotatable bonds is 9. The van der Waals surface area contributed by atoms with Crippen LogP contribution in [0.4, 0.5) is 0 Å². The molecule has 20 heteroatoms. The molecule has 4 saturated carbocycles. The first-order valence-corrected chi connectivity index (χ1v) is 25.0. The van der Waals surface area contributed by atoms with Crippen molar-refractivity contribution < 1.29 is 98.3 Å². The van der Waals surface area contributed by atoms with Gasteiger partial charge in [-0.2, -0.15) is 0 Å². The Balaban J connectivity index is 1.01. The van der Waals surface area contributed by atoms with Crippen LogP contribution in [0.25, 0.3) is 0 Å². The summed E-state index contributed by atoms with van der Waals surface area (Å²) in [5.74, 6) is -2.24. The SMILES string of the molecule is CC(=O)OC[C@H]1O[C@@H](OC[C@H]2O[C@@H](OC(=O)[C@@]34CC[C@]5(C)C(=C[C@@H](O)[C@@H]6[C@@]7(C)CCC(=O)C(C)(C)[C@@H]7CC[C@]65C)[C@H]3CC(C)(C)C(=O)C4)[C@H](O)[C@@H](O)[C@@H]2O)[C@H](O)[C@@H](O)[C@@H]1O[C@@H]1O[C@@H](C)[C@H](O)[C@@H](O)[C@H]1O. The molecule has 5 aliphatic carbocycles. The predicted molar refractivity (Wildman–Crippen MR) is 239 cm³/mol. The Morgan fingerprint density at radius 1 is 0.700 bits per heavy atom. The molecule has 0 amide bonds. The number of esters is 2. The van der Waals surface area contributed by atoms with Crippen LogP contribution in [0, 0.1) is 50.2 Å². The third kappa shape index (κ3) is 8.45. The lowest BCUT2D eigenvalue weighted by Crippen LogP contribution is -2.68. The van der Waals surface area contributed by atoms with E-state index >= 15 is 4.79 Å². The summed E-state index contributed by atoms with van der Waals surface area (Å²) in [5, 5.41) is 99.5. The van der Waals surface area contributed by atoms with E-state index in [1.54, 1.807) is 0 Å². The van der Waals surface area contributed by atoms with Crippen molar-refractivity contribution in [3.8, 4) is 0 Å². The number of Topliss-reactive ketones (excluding diaryl/α,β-unsaturated/α-hetero) is 2. The molecule has 8 rings (SSSR count). The first-order valence-electron chi connectivity index (χ1n) is 25.0. The van der Waals surface area contributed by atoms with E-state index in [0.717, 1.165) is 25.3 Å². The van der Waals surface area contributed by atoms with E-state index in [1.807, 2.05) is 33.8 Å². The van der Waals surface area contributed by atoms with Crippen LogP contribution in [0.5, 0.6) is 0 Å². The summed E-state index contributed by atoms with van der Waals surface area (Å²) in [6, 6.07) is 0. The molecule has 3 saturated heterocycles. The number of fused-ring (bicyclic) bond motifs is 7. The van der Waals surface area contributed by atoms with Crippen molar-refractivity contribution in [3.05, 3.63) is 11.6 Å². The minimum Gasteiger partial charge on any atom is -0.463 e. The van der Waals surface area contributed by atoms with Gasteiger partial charge in [0.15, 0.2) is 12.6 Å². The van der Waals surface area contributed by atoms with Crippen molar-refractivity contribution >= 4 is 23.5 Å². The highest BCUT2D eigenvalue weighted by molar-refractivity contribution is 5.93. The van der Waals surface area contributed by atoms with Crippen LogP contribution < -0.4 is 0 Å². The molecule has 0 radical (unpaired) electrons. The summed E-state index contributed by atoms with van der Waals surface area (Å²) >= 11 is 0. The van der Waals surface area contributed by atoms with Gasteiger partial charge < -0.3 is 79.1 Å². The Hall–Kier alpha value is -2.54. The van der Waals surface area contributed by atoms with E-state index in [2.05, 4.69) is 20.8 Å². The molecule has 0 unspecified atom stereocenters. The molecule has 3 heterocycles. The zero-order chi connectivity index (χ0) is 51.6. The van der Waals surface area contributed by atoms with Gasteiger partial charge >= 0.3 is 11.9 Å². The number of carbonyl (C=O) groups excluding carboxylic acids is 4. The van der Waals surface area contributed by atoms with Crippen molar-refractivity contribution in [1.82, 2.24) is 0 Å². The maximum absolute atomic E-state index is 15.0. The van der Waals surface area contributed by atoms with Crippen molar-refractivity contribution in [1.29, 1.82) is 0 Å². The van der Waals surface area contributed by atoms with Gasteiger partial charge in [0.05, 0.1) is 24.2 Å². The summed E-state index contributed by atoms with van der Waals surface area (Å²) in [6.07, 6.45) is -21.1. The van der Waals surface area contributed by atoms with E-state index in [1.165, 1.54) is 6.92 Å². The van der Waals surface area contributed by atoms with E-state index in [9.17, 15) is 60.3 Å². The van der Waals surface area contributed by atoms with Gasteiger partial charge in [-0.3, -0.25) is 19.2 Å². The molecular formula is C50H76O20. The zero-order valence-electron chi connectivity index (χ0n) is 41.6. The van der Waals surface area contributed by atoms with Gasteiger partial charge in [-0.25, -0.2) is 0 Å². The van der Waals surface area contributed by atoms with Gasteiger partial charge in [-0.1, -0.05) is 60.1 Å². The number of aliphatic hydroxyl groups excluding tert-OH is 9. The lowest BCUT2D eigenvalue weighted by atomic mass is 9.33. The summed E-state index contributed by atoms with van der Waals surface area (Å²) in [4.78, 5) is 54.2. The van der Waals surface area contributed by atoms with Crippen molar-refractivity contribution in [2.75, 3.05) is 13.2 Å². The number of ketones is 2. The lowest BCUT2D eigenvalue weighted by Gasteiger charge is -2.71. The predicted octanol–water partition coefficient (Wildman–Crippen LogP) is 0.0969. The smallest absolute Gasteiger partial charge is 0.315 e. The quantitative estimate of drug-likeness (QED) is 0.109. The van der Waals surface area contributed by atoms with Crippen molar-refractivity contribution in [2.24, 2.45) is 50.2 Å². The number of ether oxygens (including phenoxy) is 7. The molecule has 20 nitrogen and oxygen atoms in total. The monoisotopic (exact) mass is 996 g/mol. The van der Waals surface area contributed by atoms with Crippen LogP contribution in [0.3, 0.4) is 0 Å². The van der Waals surface area contributed by atoms with Crippen LogP contribution >= 0.6 is 0 Å². The number of allylic oxidation sites excluding steroid dienone is 1. The fourth-order valence-corrected chi connectivity index (χ4v) is 14.7. The Kier molecular flexibility index (Phi) is 14.3.